The molecule has 1 aromatic rings. The number of aryl methyl sites for hydroxylation is 1. The maximum absolute atomic E-state index is 11.7. The Hall–Kier alpha value is -2.63. The molecule has 0 aliphatic carbocycles. The molecule has 2 rings (SSSR count). The molecule has 1 aromatic carbocycles. The molecule has 0 spiro atoms. The molecule has 21 heavy (non-hydrogen) atoms. The fourth-order valence-electron chi connectivity index (χ4n) is 2.27. The highest BCUT2D eigenvalue weighted by molar-refractivity contribution is 6.02. The minimum Gasteiger partial charge on any atom is -0.478 e. The van der Waals surface area contributed by atoms with Crippen LogP contribution in [0.5, 0.6) is 0 Å². The number of hydrogen-bond donors (Lipinski definition) is 2. The smallest absolute Gasteiger partial charge is 0.328 e. The molecule has 1 aliphatic rings. The van der Waals surface area contributed by atoms with Crippen molar-refractivity contribution >= 4 is 29.2 Å². The van der Waals surface area contributed by atoms with Gasteiger partial charge in [0.05, 0.1) is 0 Å². The first-order chi connectivity index (χ1) is 9.97. The average molecular weight is 288 g/mol. The number of carbonyl (C=O) groups excluding carboxylic acids is 2. The lowest BCUT2D eigenvalue weighted by Gasteiger charge is -2.19. The molecule has 6 nitrogen and oxygen atoms in total. The monoisotopic (exact) mass is 288 g/mol. The zero-order valence-corrected chi connectivity index (χ0v) is 11.6. The molecule has 1 saturated heterocycles. The summed E-state index contributed by atoms with van der Waals surface area (Å²) < 4.78 is 0. The molecule has 0 aromatic heterocycles. The van der Waals surface area contributed by atoms with Gasteiger partial charge in [-0.3, -0.25) is 9.59 Å². The van der Waals surface area contributed by atoms with Crippen molar-refractivity contribution in [3.05, 3.63) is 35.9 Å². The number of aliphatic carboxylic acids is 1. The number of amides is 2. The molecular weight excluding hydrogens is 272 g/mol. The second-order valence-electron chi connectivity index (χ2n) is 4.81. The van der Waals surface area contributed by atoms with Gasteiger partial charge in [-0.25, -0.2) is 4.79 Å². The van der Waals surface area contributed by atoms with Crippen LogP contribution in [0.3, 0.4) is 0 Å². The zero-order chi connectivity index (χ0) is 15.4. The summed E-state index contributed by atoms with van der Waals surface area (Å²) in [6, 6.07) is 5.24. The van der Waals surface area contributed by atoms with Crippen molar-refractivity contribution in [2.24, 2.45) is 0 Å². The van der Waals surface area contributed by atoms with Crippen molar-refractivity contribution in [2.75, 3.05) is 16.8 Å². The van der Waals surface area contributed by atoms with E-state index in [1.807, 2.05) is 6.92 Å². The fraction of sp³-hybridized carbons (Fsp3) is 0.267. The van der Waals surface area contributed by atoms with Gasteiger partial charge in [-0.05, 0) is 37.1 Å². The summed E-state index contributed by atoms with van der Waals surface area (Å²) in [7, 11) is 0. The summed E-state index contributed by atoms with van der Waals surface area (Å²) >= 11 is 0. The lowest BCUT2D eigenvalue weighted by molar-refractivity contribution is -0.131. The average Bonchev–Trinajstić information content (AvgIpc) is 2.83. The number of hydrogen-bond acceptors (Lipinski definition) is 3. The maximum Gasteiger partial charge on any atom is 0.328 e. The van der Waals surface area contributed by atoms with Crippen molar-refractivity contribution in [1.82, 2.24) is 0 Å². The molecule has 0 radical (unpaired) electrons. The van der Waals surface area contributed by atoms with Gasteiger partial charge in [-0.1, -0.05) is 0 Å². The number of nitrogens with one attached hydrogen (secondary N) is 1. The molecule has 0 atom stereocenters. The topological polar surface area (TPSA) is 86.7 Å². The Morgan fingerprint density at radius 3 is 2.67 bits per heavy atom. The van der Waals surface area contributed by atoms with E-state index in [4.69, 9.17) is 5.11 Å². The second-order valence-corrected chi connectivity index (χ2v) is 4.81. The Morgan fingerprint density at radius 1 is 1.33 bits per heavy atom. The predicted octanol–water partition coefficient (Wildman–Crippen LogP) is 1.70. The van der Waals surface area contributed by atoms with Gasteiger partial charge in [0.25, 0.3) is 0 Å². The predicted molar refractivity (Wildman–Crippen MR) is 78.2 cm³/mol. The first-order valence-electron chi connectivity index (χ1n) is 6.60. The third-order valence-corrected chi connectivity index (χ3v) is 3.21. The third kappa shape index (κ3) is 3.68. The largest absolute Gasteiger partial charge is 0.478 e. The van der Waals surface area contributed by atoms with Crippen LogP contribution < -0.4 is 10.2 Å². The Balaban J connectivity index is 2.10. The molecule has 6 heteroatoms. The standard InChI is InChI=1S/C15H16N2O4/c1-10-9-11(16-13(18)6-7-15(20)21)4-5-12(10)17-8-2-3-14(17)19/h4-7,9H,2-3,8H2,1H3,(H,16,18)(H,20,21)/b7-6+. The number of carbonyl (C=O) groups is 3. The van der Waals surface area contributed by atoms with Gasteiger partial charge < -0.3 is 15.3 Å². The Labute approximate surface area is 122 Å². The maximum atomic E-state index is 11.7. The van der Waals surface area contributed by atoms with E-state index in [1.54, 1.807) is 23.1 Å². The molecule has 110 valence electrons. The van der Waals surface area contributed by atoms with E-state index in [1.165, 1.54) is 0 Å². The zero-order valence-electron chi connectivity index (χ0n) is 11.6. The minimum absolute atomic E-state index is 0.110. The summed E-state index contributed by atoms with van der Waals surface area (Å²) in [5.41, 5.74) is 2.28. The van der Waals surface area contributed by atoms with Crippen molar-refractivity contribution in [2.45, 2.75) is 19.8 Å². The van der Waals surface area contributed by atoms with E-state index in [0.29, 0.717) is 18.7 Å². The van der Waals surface area contributed by atoms with E-state index in [9.17, 15) is 14.4 Å². The van der Waals surface area contributed by atoms with Crippen LogP contribution in [0.4, 0.5) is 11.4 Å². The summed E-state index contributed by atoms with van der Waals surface area (Å²) in [4.78, 5) is 35.3. The van der Waals surface area contributed by atoms with Gasteiger partial charge in [0.2, 0.25) is 11.8 Å². The Bertz CT molecular complexity index is 622. The molecule has 0 saturated carbocycles. The molecule has 1 fully saturated rings. The van der Waals surface area contributed by atoms with Gasteiger partial charge in [0.1, 0.15) is 0 Å². The van der Waals surface area contributed by atoms with Crippen molar-refractivity contribution in [3.8, 4) is 0 Å². The molecule has 2 amide bonds. The van der Waals surface area contributed by atoms with Gasteiger partial charge in [0.15, 0.2) is 0 Å². The summed E-state index contributed by atoms with van der Waals surface area (Å²) in [5.74, 6) is -1.58. The summed E-state index contributed by atoms with van der Waals surface area (Å²) in [6.07, 6.45) is 3.16. The lowest BCUT2D eigenvalue weighted by Crippen LogP contribution is -2.24. The molecule has 1 heterocycles. The quantitative estimate of drug-likeness (QED) is 0.826. The first-order valence-corrected chi connectivity index (χ1v) is 6.60. The second kappa shape index (κ2) is 6.21. The van der Waals surface area contributed by atoms with Gasteiger partial charge in [0, 0.05) is 36.5 Å². The van der Waals surface area contributed by atoms with Crippen LogP contribution in [-0.2, 0) is 14.4 Å². The van der Waals surface area contributed by atoms with E-state index in [2.05, 4.69) is 5.32 Å². The molecule has 0 unspecified atom stereocenters. The van der Waals surface area contributed by atoms with Crippen LogP contribution in [0.2, 0.25) is 0 Å². The number of nitrogens with zero attached hydrogens (tertiary/aromatic N) is 1. The van der Waals surface area contributed by atoms with E-state index in [0.717, 1.165) is 29.8 Å². The van der Waals surface area contributed by atoms with Crippen LogP contribution in [0.15, 0.2) is 30.4 Å². The number of benzene rings is 1. The van der Waals surface area contributed by atoms with Crippen molar-refractivity contribution in [3.63, 3.8) is 0 Å². The SMILES string of the molecule is Cc1cc(NC(=O)/C=C/C(=O)O)ccc1N1CCCC1=O. The third-order valence-electron chi connectivity index (χ3n) is 3.21. The van der Waals surface area contributed by atoms with Crippen LogP contribution in [0, 0.1) is 6.92 Å². The minimum atomic E-state index is -1.18. The van der Waals surface area contributed by atoms with Crippen molar-refractivity contribution < 1.29 is 19.5 Å². The fourth-order valence-corrected chi connectivity index (χ4v) is 2.27. The molecular formula is C15H16N2O4. The summed E-state index contributed by atoms with van der Waals surface area (Å²) in [6.45, 7) is 2.58. The van der Waals surface area contributed by atoms with Crippen LogP contribution in [0.25, 0.3) is 0 Å². The Kier molecular flexibility index (Phi) is 4.37. The molecule has 1 aliphatic heterocycles. The summed E-state index contributed by atoms with van der Waals surface area (Å²) in [5, 5.41) is 11.0. The molecule has 2 N–H and O–H groups in total. The Morgan fingerprint density at radius 2 is 2.10 bits per heavy atom. The van der Waals surface area contributed by atoms with E-state index in [-0.39, 0.29) is 5.91 Å². The lowest BCUT2D eigenvalue weighted by atomic mass is 10.1. The number of carboxylic acid groups (broad SMARTS) is 1. The van der Waals surface area contributed by atoms with E-state index >= 15 is 0 Å². The number of rotatable bonds is 4. The number of anilines is 2. The van der Waals surface area contributed by atoms with E-state index < -0.39 is 11.9 Å². The van der Waals surface area contributed by atoms with Crippen LogP contribution in [0.1, 0.15) is 18.4 Å². The number of carboxylic acids is 1. The van der Waals surface area contributed by atoms with Crippen molar-refractivity contribution in [1.29, 1.82) is 0 Å². The normalized spacial score (nSPS) is 14.7. The van der Waals surface area contributed by atoms with Gasteiger partial charge in [-0.15, -0.1) is 0 Å². The first kappa shape index (κ1) is 14.8. The van der Waals surface area contributed by atoms with Crippen LogP contribution in [-0.4, -0.2) is 29.4 Å². The highest BCUT2D eigenvalue weighted by Crippen LogP contribution is 2.27. The van der Waals surface area contributed by atoms with Crippen LogP contribution >= 0.6 is 0 Å². The van der Waals surface area contributed by atoms with Gasteiger partial charge in [-0.2, -0.15) is 0 Å². The highest BCUT2D eigenvalue weighted by Gasteiger charge is 2.22. The van der Waals surface area contributed by atoms with Gasteiger partial charge >= 0.3 is 5.97 Å². The molecule has 0 bridgehead atoms. The highest BCUT2D eigenvalue weighted by atomic mass is 16.4.